The third-order valence-corrected chi connectivity index (χ3v) is 5.10. The Balaban J connectivity index is 2.00. The molecule has 0 aliphatic heterocycles. The first kappa shape index (κ1) is 19.1. The average molecular weight is 362 g/mol. The minimum atomic E-state index is -3.64. The number of rotatable bonds is 8. The lowest BCUT2D eigenvalue weighted by molar-refractivity contribution is 0.0951. The largest absolute Gasteiger partial charge is 0.383 e. The second-order valence-corrected chi connectivity index (χ2v) is 7.38. The lowest BCUT2D eigenvalue weighted by Gasteiger charge is -2.13. The van der Waals surface area contributed by atoms with Crippen molar-refractivity contribution in [3.05, 3.63) is 65.7 Å². The zero-order chi connectivity index (χ0) is 18.3. The summed E-state index contributed by atoms with van der Waals surface area (Å²) in [6.45, 7) is 2.40. The zero-order valence-electron chi connectivity index (χ0n) is 14.2. The molecular weight excluding hydrogens is 340 g/mol. The molecule has 0 bridgehead atoms. The lowest BCUT2D eigenvalue weighted by Crippen LogP contribution is -2.35. The Kier molecular flexibility index (Phi) is 6.69. The fraction of sp³-hybridized carbons (Fsp3) is 0.278. The lowest BCUT2D eigenvalue weighted by atomic mass is 10.2. The second kappa shape index (κ2) is 8.75. The van der Waals surface area contributed by atoms with Gasteiger partial charge in [-0.1, -0.05) is 30.3 Å². The standard InChI is InChI=1S/C18H22N2O4S/c1-14(13-24-2)20-25(22,23)17-10-8-16(9-11-17)18(21)19-12-15-6-4-3-5-7-15/h3-11,14,20H,12-13H2,1-2H3,(H,19,21)/t14-/m0/s1. The number of benzene rings is 2. The first-order chi connectivity index (χ1) is 11.9. The molecular formula is C18H22N2O4S. The molecule has 0 aliphatic carbocycles. The summed E-state index contributed by atoms with van der Waals surface area (Å²) in [7, 11) is -2.13. The number of sulfonamides is 1. The van der Waals surface area contributed by atoms with E-state index in [4.69, 9.17) is 4.74 Å². The number of methoxy groups -OCH3 is 1. The van der Waals surface area contributed by atoms with Crippen molar-refractivity contribution >= 4 is 15.9 Å². The molecule has 25 heavy (non-hydrogen) atoms. The van der Waals surface area contributed by atoms with Crippen molar-refractivity contribution in [2.75, 3.05) is 13.7 Å². The summed E-state index contributed by atoms with van der Waals surface area (Å²) in [4.78, 5) is 12.3. The van der Waals surface area contributed by atoms with Gasteiger partial charge in [-0.15, -0.1) is 0 Å². The Labute approximate surface area is 148 Å². The highest BCUT2D eigenvalue weighted by Crippen LogP contribution is 2.11. The highest BCUT2D eigenvalue weighted by molar-refractivity contribution is 7.89. The molecule has 2 rings (SSSR count). The fourth-order valence-electron chi connectivity index (χ4n) is 2.28. The summed E-state index contributed by atoms with van der Waals surface area (Å²) in [6, 6.07) is 15.0. The van der Waals surface area contributed by atoms with Crippen LogP contribution in [0, 0.1) is 0 Å². The molecule has 2 aromatic rings. The summed E-state index contributed by atoms with van der Waals surface area (Å²) in [5, 5.41) is 2.80. The molecule has 134 valence electrons. The van der Waals surface area contributed by atoms with Crippen LogP contribution >= 0.6 is 0 Å². The van der Waals surface area contributed by atoms with Crippen LogP contribution in [0.3, 0.4) is 0 Å². The van der Waals surface area contributed by atoms with Crippen LogP contribution in [0.1, 0.15) is 22.8 Å². The third kappa shape index (κ3) is 5.67. The zero-order valence-corrected chi connectivity index (χ0v) is 15.0. The molecule has 0 saturated carbocycles. The quantitative estimate of drug-likeness (QED) is 0.751. The Hall–Kier alpha value is -2.22. The minimum Gasteiger partial charge on any atom is -0.383 e. The summed E-state index contributed by atoms with van der Waals surface area (Å²) >= 11 is 0. The van der Waals surface area contributed by atoms with E-state index in [-0.39, 0.29) is 23.5 Å². The monoisotopic (exact) mass is 362 g/mol. The van der Waals surface area contributed by atoms with Crippen molar-refractivity contribution in [3.8, 4) is 0 Å². The molecule has 0 radical (unpaired) electrons. The van der Waals surface area contributed by atoms with E-state index >= 15 is 0 Å². The Morgan fingerprint density at radius 2 is 1.72 bits per heavy atom. The van der Waals surface area contributed by atoms with Crippen LogP contribution in [0.5, 0.6) is 0 Å². The molecule has 2 N–H and O–H groups in total. The van der Waals surface area contributed by atoms with Gasteiger partial charge in [0, 0.05) is 25.3 Å². The van der Waals surface area contributed by atoms with Crippen LogP contribution in [-0.2, 0) is 21.3 Å². The number of ether oxygens (including phenoxy) is 1. The average Bonchev–Trinajstić information content (AvgIpc) is 2.60. The topological polar surface area (TPSA) is 84.5 Å². The first-order valence-corrected chi connectivity index (χ1v) is 9.34. The van der Waals surface area contributed by atoms with Gasteiger partial charge in [0.25, 0.3) is 5.91 Å². The van der Waals surface area contributed by atoms with Crippen molar-refractivity contribution in [1.29, 1.82) is 0 Å². The van der Waals surface area contributed by atoms with E-state index in [2.05, 4.69) is 10.0 Å². The predicted molar refractivity (Wildman–Crippen MR) is 95.7 cm³/mol. The highest BCUT2D eigenvalue weighted by atomic mass is 32.2. The first-order valence-electron chi connectivity index (χ1n) is 7.86. The number of hydrogen-bond donors (Lipinski definition) is 2. The van der Waals surface area contributed by atoms with Crippen LogP contribution in [0.4, 0.5) is 0 Å². The molecule has 1 atom stereocenters. The molecule has 7 heteroatoms. The molecule has 0 unspecified atom stereocenters. The van der Waals surface area contributed by atoms with Crippen LogP contribution in [0.15, 0.2) is 59.5 Å². The van der Waals surface area contributed by atoms with Crippen LogP contribution in [0.2, 0.25) is 0 Å². The molecule has 2 aromatic carbocycles. The molecule has 0 aliphatic rings. The van der Waals surface area contributed by atoms with Crippen LogP contribution in [-0.4, -0.2) is 34.1 Å². The maximum atomic E-state index is 12.2. The van der Waals surface area contributed by atoms with Crippen LogP contribution < -0.4 is 10.0 Å². The summed E-state index contributed by atoms with van der Waals surface area (Å²) in [5.41, 5.74) is 1.39. The molecule has 0 spiro atoms. The molecule has 0 aromatic heterocycles. The van der Waals surface area contributed by atoms with Gasteiger partial charge >= 0.3 is 0 Å². The van der Waals surface area contributed by atoms with Gasteiger partial charge in [0.1, 0.15) is 0 Å². The van der Waals surface area contributed by atoms with Gasteiger partial charge in [0.15, 0.2) is 0 Å². The third-order valence-electron chi connectivity index (χ3n) is 3.50. The number of nitrogens with one attached hydrogen (secondary N) is 2. The maximum Gasteiger partial charge on any atom is 0.251 e. The highest BCUT2D eigenvalue weighted by Gasteiger charge is 2.17. The molecule has 0 saturated heterocycles. The van der Waals surface area contributed by atoms with Crippen molar-refractivity contribution in [2.45, 2.75) is 24.4 Å². The summed E-state index contributed by atoms with van der Waals surface area (Å²) < 4.78 is 31.9. The van der Waals surface area contributed by atoms with E-state index < -0.39 is 10.0 Å². The van der Waals surface area contributed by atoms with Crippen molar-refractivity contribution < 1.29 is 17.9 Å². The molecule has 6 nitrogen and oxygen atoms in total. The number of carbonyl (C=O) groups is 1. The van der Waals surface area contributed by atoms with Gasteiger partial charge in [-0.3, -0.25) is 4.79 Å². The van der Waals surface area contributed by atoms with E-state index in [0.29, 0.717) is 12.1 Å². The predicted octanol–water partition coefficient (Wildman–Crippen LogP) is 1.93. The van der Waals surface area contributed by atoms with E-state index in [1.807, 2.05) is 30.3 Å². The fourth-order valence-corrected chi connectivity index (χ4v) is 3.51. The summed E-state index contributed by atoms with van der Waals surface area (Å²) in [6.07, 6.45) is 0. The van der Waals surface area contributed by atoms with Gasteiger partial charge in [-0.05, 0) is 36.8 Å². The van der Waals surface area contributed by atoms with Gasteiger partial charge in [0.05, 0.1) is 11.5 Å². The van der Waals surface area contributed by atoms with E-state index in [0.717, 1.165) is 5.56 Å². The van der Waals surface area contributed by atoms with Crippen molar-refractivity contribution in [2.24, 2.45) is 0 Å². The van der Waals surface area contributed by atoms with Crippen molar-refractivity contribution in [1.82, 2.24) is 10.0 Å². The van der Waals surface area contributed by atoms with E-state index in [1.165, 1.54) is 31.4 Å². The van der Waals surface area contributed by atoms with E-state index in [9.17, 15) is 13.2 Å². The number of amides is 1. The number of carbonyl (C=O) groups excluding carboxylic acids is 1. The Morgan fingerprint density at radius 1 is 1.08 bits per heavy atom. The Bertz CT molecular complexity index is 790. The molecule has 1 amide bonds. The van der Waals surface area contributed by atoms with Gasteiger partial charge in [-0.2, -0.15) is 0 Å². The van der Waals surface area contributed by atoms with E-state index in [1.54, 1.807) is 6.92 Å². The maximum absolute atomic E-state index is 12.2. The minimum absolute atomic E-state index is 0.107. The smallest absolute Gasteiger partial charge is 0.251 e. The molecule has 0 fully saturated rings. The van der Waals surface area contributed by atoms with Crippen molar-refractivity contribution in [3.63, 3.8) is 0 Å². The van der Waals surface area contributed by atoms with Gasteiger partial charge in [0.2, 0.25) is 10.0 Å². The van der Waals surface area contributed by atoms with Gasteiger partial charge in [-0.25, -0.2) is 13.1 Å². The Morgan fingerprint density at radius 3 is 2.32 bits per heavy atom. The molecule has 0 heterocycles. The van der Waals surface area contributed by atoms with Crippen LogP contribution in [0.25, 0.3) is 0 Å². The number of hydrogen-bond acceptors (Lipinski definition) is 4. The normalized spacial score (nSPS) is 12.6. The van der Waals surface area contributed by atoms with Gasteiger partial charge < -0.3 is 10.1 Å². The summed E-state index contributed by atoms with van der Waals surface area (Å²) in [5.74, 6) is -0.256. The second-order valence-electron chi connectivity index (χ2n) is 5.67. The SMILES string of the molecule is COC[C@H](C)NS(=O)(=O)c1ccc(C(=O)NCc2ccccc2)cc1.